The molecule has 0 radical (unpaired) electrons. The number of anilines is 1. The van der Waals surface area contributed by atoms with Crippen molar-refractivity contribution in [1.29, 1.82) is 0 Å². The number of aryl methyl sites for hydroxylation is 1. The summed E-state index contributed by atoms with van der Waals surface area (Å²) >= 11 is 1.63. The van der Waals surface area contributed by atoms with E-state index in [2.05, 4.69) is 20.6 Å². The third-order valence-electron chi connectivity index (χ3n) is 2.81. The fourth-order valence-corrected chi connectivity index (χ4v) is 2.63. The normalized spacial score (nSPS) is 14.7. The van der Waals surface area contributed by atoms with Crippen LogP contribution in [0.3, 0.4) is 0 Å². The van der Waals surface area contributed by atoms with E-state index in [9.17, 15) is 4.79 Å². The van der Waals surface area contributed by atoms with Crippen LogP contribution in [0.4, 0.5) is 5.82 Å². The van der Waals surface area contributed by atoms with Crippen LogP contribution in [0.25, 0.3) is 10.2 Å². The summed E-state index contributed by atoms with van der Waals surface area (Å²) in [5.41, 5.74) is 0. The predicted molar refractivity (Wildman–Crippen MR) is 71.8 cm³/mol. The van der Waals surface area contributed by atoms with Crippen LogP contribution < -0.4 is 10.6 Å². The molecule has 0 unspecified atom stereocenters. The summed E-state index contributed by atoms with van der Waals surface area (Å²) in [5, 5.41) is 7.00. The quantitative estimate of drug-likeness (QED) is 0.880. The van der Waals surface area contributed by atoms with Crippen LogP contribution >= 0.6 is 11.3 Å². The Hall–Kier alpha value is -1.69. The van der Waals surface area contributed by atoms with Crippen LogP contribution in [0, 0.1) is 6.92 Å². The number of aromatic nitrogens is 2. The molecule has 0 aromatic carbocycles. The molecule has 94 valence electrons. The van der Waals surface area contributed by atoms with Crippen LogP contribution in [-0.4, -0.2) is 28.5 Å². The van der Waals surface area contributed by atoms with Gasteiger partial charge >= 0.3 is 0 Å². The molecular weight excluding hydrogens is 248 g/mol. The van der Waals surface area contributed by atoms with Crippen molar-refractivity contribution in [3.8, 4) is 0 Å². The number of nitrogens with zero attached hydrogens (tertiary/aromatic N) is 2. The number of nitrogens with one attached hydrogen (secondary N) is 2. The second-order valence-corrected chi connectivity index (χ2v) is 5.73. The van der Waals surface area contributed by atoms with Gasteiger partial charge in [0.25, 0.3) is 0 Å². The summed E-state index contributed by atoms with van der Waals surface area (Å²) in [6, 6.07) is 2.44. The highest BCUT2D eigenvalue weighted by Crippen LogP contribution is 2.27. The van der Waals surface area contributed by atoms with E-state index in [-0.39, 0.29) is 12.5 Å². The van der Waals surface area contributed by atoms with Crippen molar-refractivity contribution in [3.63, 3.8) is 0 Å². The van der Waals surface area contributed by atoms with Crippen LogP contribution in [0.1, 0.15) is 17.7 Å². The lowest BCUT2D eigenvalue weighted by molar-refractivity contribution is -0.119. The molecule has 1 amide bonds. The number of thiophene rings is 1. The minimum atomic E-state index is 0.0243. The average Bonchev–Trinajstić information content (AvgIpc) is 3.05. The maximum Gasteiger partial charge on any atom is 0.239 e. The molecule has 0 bridgehead atoms. The van der Waals surface area contributed by atoms with Crippen LogP contribution in [0.2, 0.25) is 0 Å². The maximum atomic E-state index is 11.6. The van der Waals surface area contributed by atoms with Crippen molar-refractivity contribution in [1.82, 2.24) is 15.3 Å². The minimum absolute atomic E-state index is 0.0243. The second kappa shape index (κ2) is 4.53. The third-order valence-corrected chi connectivity index (χ3v) is 3.77. The molecule has 2 N–H and O–H groups in total. The Labute approximate surface area is 109 Å². The lowest BCUT2D eigenvalue weighted by Crippen LogP contribution is -2.31. The van der Waals surface area contributed by atoms with Crippen molar-refractivity contribution < 1.29 is 4.79 Å². The molecule has 5 nitrogen and oxygen atoms in total. The Morgan fingerprint density at radius 2 is 2.33 bits per heavy atom. The highest BCUT2D eigenvalue weighted by Gasteiger charge is 2.23. The fraction of sp³-hybridized carbons (Fsp3) is 0.417. The summed E-state index contributed by atoms with van der Waals surface area (Å²) in [5.74, 6) is 0.756. The van der Waals surface area contributed by atoms with E-state index in [1.165, 1.54) is 11.2 Å². The van der Waals surface area contributed by atoms with Gasteiger partial charge in [0.05, 0.1) is 11.9 Å². The lowest BCUT2D eigenvalue weighted by atomic mass is 10.3. The predicted octanol–water partition coefficient (Wildman–Crippen LogP) is 1.69. The first kappa shape index (κ1) is 11.4. The van der Waals surface area contributed by atoms with Gasteiger partial charge in [-0.1, -0.05) is 0 Å². The Morgan fingerprint density at radius 3 is 3.11 bits per heavy atom. The summed E-state index contributed by atoms with van der Waals surface area (Å²) in [7, 11) is 0. The van der Waals surface area contributed by atoms with E-state index in [0.717, 1.165) is 28.9 Å². The zero-order valence-electron chi connectivity index (χ0n) is 10.1. The largest absolute Gasteiger partial charge is 0.360 e. The molecule has 18 heavy (non-hydrogen) atoms. The maximum absolute atomic E-state index is 11.6. The average molecular weight is 262 g/mol. The van der Waals surface area contributed by atoms with Crippen molar-refractivity contribution in [2.75, 3.05) is 11.9 Å². The summed E-state index contributed by atoms with van der Waals surface area (Å²) in [4.78, 5) is 22.1. The molecule has 0 atom stereocenters. The molecule has 2 heterocycles. The fourth-order valence-electron chi connectivity index (χ4n) is 1.79. The van der Waals surface area contributed by atoms with E-state index >= 15 is 0 Å². The molecule has 0 aliphatic heterocycles. The Morgan fingerprint density at radius 1 is 1.50 bits per heavy atom. The van der Waals surface area contributed by atoms with E-state index in [1.807, 2.05) is 13.0 Å². The van der Waals surface area contributed by atoms with Gasteiger partial charge in [-0.15, -0.1) is 11.3 Å². The molecular formula is C12H14N4OS. The number of carbonyl (C=O) groups excluding carboxylic acids is 1. The number of amides is 1. The summed E-state index contributed by atoms with van der Waals surface area (Å²) in [6.45, 7) is 2.30. The monoisotopic (exact) mass is 262 g/mol. The van der Waals surface area contributed by atoms with E-state index in [1.54, 1.807) is 11.3 Å². The molecule has 0 spiro atoms. The number of hydrogen-bond acceptors (Lipinski definition) is 5. The molecule has 6 heteroatoms. The first-order valence-electron chi connectivity index (χ1n) is 5.97. The zero-order valence-corrected chi connectivity index (χ0v) is 10.9. The van der Waals surface area contributed by atoms with Crippen LogP contribution in [0.5, 0.6) is 0 Å². The molecule has 0 saturated heterocycles. The standard InChI is InChI=1S/C12H14N4OS/c1-7-4-9-11(14-6-15-12(9)18-7)13-5-10(17)16-8-2-3-8/h4,6,8H,2-3,5H2,1H3,(H,16,17)(H,13,14,15). The molecule has 3 rings (SSSR count). The van der Waals surface area contributed by atoms with Crippen molar-refractivity contribution in [2.24, 2.45) is 0 Å². The topological polar surface area (TPSA) is 66.9 Å². The summed E-state index contributed by atoms with van der Waals surface area (Å²) < 4.78 is 0. The molecule has 1 saturated carbocycles. The number of carbonyl (C=O) groups is 1. The Kier molecular flexibility index (Phi) is 2.87. The molecule has 2 aromatic rings. The minimum Gasteiger partial charge on any atom is -0.360 e. The Balaban J connectivity index is 1.71. The molecule has 1 aliphatic rings. The van der Waals surface area contributed by atoms with Gasteiger partial charge in [0.1, 0.15) is 17.0 Å². The van der Waals surface area contributed by atoms with Gasteiger partial charge in [0, 0.05) is 10.9 Å². The first-order chi connectivity index (χ1) is 8.72. The van der Waals surface area contributed by atoms with Gasteiger partial charge in [-0.25, -0.2) is 9.97 Å². The van der Waals surface area contributed by atoms with Gasteiger partial charge in [0.2, 0.25) is 5.91 Å². The van der Waals surface area contributed by atoms with Crippen molar-refractivity contribution in [3.05, 3.63) is 17.3 Å². The third kappa shape index (κ3) is 2.43. The zero-order chi connectivity index (χ0) is 12.5. The van der Waals surface area contributed by atoms with Gasteiger partial charge < -0.3 is 10.6 Å². The summed E-state index contributed by atoms with van der Waals surface area (Å²) in [6.07, 6.45) is 3.74. The van der Waals surface area contributed by atoms with Gasteiger partial charge in [-0.05, 0) is 25.8 Å². The van der Waals surface area contributed by atoms with Crippen molar-refractivity contribution >= 4 is 33.3 Å². The van der Waals surface area contributed by atoms with Gasteiger partial charge in [0.15, 0.2) is 0 Å². The Bertz CT molecular complexity index is 591. The van der Waals surface area contributed by atoms with E-state index in [0.29, 0.717) is 6.04 Å². The van der Waals surface area contributed by atoms with Crippen molar-refractivity contribution in [2.45, 2.75) is 25.8 Å². The van der Waals surface area contributed by atoms with Crippen LogP contribution in [-0.2, 0) is 4.79 Å². The highest BCUT2D eigenvalue weighted by atomic mass is 32.1. The molecule has 2 aromatic heterocycles. The smallest absolute Gasteiger partial charge is 0.239 e. The number of rotatable bonds is 4. The van der Waals surface area contributed by atoms with E-state index < -0.39 is 0 Å². The molecule has 1 aliphatic carbocycles. The van der Waals surface area contributed by atoms with Crippen LogP contribution in [0.15, 0.2) is 12.4 Å². The number of hydrogen-bond donors (Lipinski definition) is 2. The number of fused-ring (bicyclic) bond motifs is 1. The second-order valence-electron chi connectivity index (χ2n) is 4.49. The highest BCUT2D eigenvalue weighted by molar-refractivity contribution is 7.18. The van der Waals surface area contributed by atoms with Gasteiger partial charge in [-0.3, -0.25) is 4.79 Å². The SMILES string of the molecule is Cc1cc2c(NCC(=O)NC3CC3)ncnc2s1. The lowest BCUT2D eigenvalue weighted by Gasteiger charge is -2.06. The van der Waals surface area contributed by atoms with Gasteiger partial charge in [-0.2, -0.15) is 0 Å². The van der Waals surface area contributed by atoms with E-state index in [4.69, 9.17) is 0 Å². The molecule has 1 fully saturated rings. The first-order valence-corrected chi connectivity index (χ1v) is 6.78.